The van der Waals surface area contributed by atoms with Crippen LogP contribution in [-0.2, 0) is 4.74 Å². The Morgan fingerprint density at radius 1 is 1.43 bits per heavy atom. The number of rotatable bonds is 4. The molecular formula is C11H13BrN4O4S. The fourth-order valence-corrected chi connectivity index (χ4v) is 3.55. The normalized spacial score (nSPS) is 32.5. The Morgan fingerprint density at radius 2 is 2.19 bits per heavy atom. The van der Waals surface area contributed by atoms with Crippen LogP contribution >= 0.6 is 27.7 Å². The number of hydrogen-bond donors (Lipinski definition) is 3. The first kappa shape index (κ1) is 16.5. The third-order valence-electron chi connectivity index (χ3n) is 2.97. The van der Waals surface area contributed by atoms with E-state index in [1.165, 1.54) is 11.8 Å². The Bertz CT molecular complexity index is 545. The summed E-state index contributed by atoms with van der Waals surface area (Å²) in [6.45, 7) is -0.445. The average Bonchev–Trinajstić information content (AvgIpc) is 2.46. The van der Waals surface area contributed by atoms with Crippen molar-refractivity contribution in [3.8, 4) is 0 Å². The van der Waals surface area contributed by atoms with Gasteiger partial charge in [-0.1, -0.05) is 16.9 Å². The van der Waals surface area contributed by atoms with Crippen molar-refractivity contribution in [2.24, 2.45) is 5.11 Å². The highest BCUT2D eigenvalue weighted by Gasteiger charge is 2.44. The monoisotopic (exact) mass is 376 g/mol. The van der Waals surface area contributed by atoms with Crippen molar-refractivity contribution < 1.29 is 20.1 Å². The van der Waals surface area contributed by atoms with E-state index in [9.17, 15) is 15.3 Å². The number of aromatic nitrogens is 1. The van der Waals surface area contributed by atoms with Gasteiger partial charge in [0.25, 0.3) is 0 Å². The molecule has 5 atom stereocenters. The summed E-state index contributed by atoms with van der Waals surface area (Å²) < 4.78 is 6.23. The standard InChI is InChI=1S/C11H13BrN4O4S/c12-5-1-6(3-14-2-5)21-11-10(19)8(15-16-13)9(18)7(4-17)20-11/h1-3,7-11,17-19H,4H2/t7?,8?,9-,10-,11+/m0/s1. The third-order valence-corrected chi connectivity index (χ3v) is 4.52. The predicted molar refractivity (Wildman–Crippen MR) is 78.5 cm³/mol. The van der Waals surface area contributed by atoms with E-state index in [-0.39, 0.29) is 0 Å². The van der Waals surface area contributed by atoms with E-state index in [1.54, 1.807) is 18.5 Å². The summed E-state index contributed by atoms with van der Waals surface area (Å²) in [5.41, 5.74) is 7.74. The maximum atomic E-state index is 10.2. The summed E-state index contributed by atoms with van der Waals surface area (Å²) in [6.07, 6.45) is -0.194. The smallest absolute Gasteiger partial charge is 0.134 e. The molecule has 114 valence electrons. The van der Waals surface area contributed by atoms with Crippen molar-refractivity contribution in [3.63, 3.8) is 0 Å². The number of nitrogens with zero attached hydrogens (tertiary/aromatic N) is 4. The van der Waals surface area contributed by atoms with Gasteiger partial charge in [0.1, 0.15) is 17.6 Å². The Morgan fingerprint density at radius 3 is 2.81 bits per heavy atom. The topological polar surface area (TPSA) is 132 Å². The van der Waals surface area contributed by atoms with Gasteiger partial charge < -0.3 is 20.1 Å². The van der Waals surface area contributed by atoms with Gasteiger partial charge in [0.2, 0.25) is 0 Å². The molecule has 1 fully saturated rings. The molecule has 1 aliphatic rings. The van der Waals surface area contributed by atoms with E-state index in [0.717, 1.165) is 9.37 Å². The molecule has 0 radical (unpaired) electrons. The minimum atomic E-state index is -1.27. The molecule has 2 unspecified atom stereocenters. The van der Waals surface area contributed by atoms with Gasteiger partial charge in [-0.15, -0.1) is 0 Å². The van der Waals surface area contributed by atoms with E-state index in [0.29, 0.717) is 0 Å². The molecule has 0 bridgehead atoms. The maximum absolute atomic E-state index is 10.2. The molecule has 0 aromatic carbocycles. The Balaban J connectivity index is 2.19. The zero-order valence-corrected chi connectivity index (χ0v) is 13.1. The first-order valence-electron chi connectivity index (χ1n) is 6.00. The summed E-state index contributed by atoms with van der Waals surface area (Å²) in [5.74, 6) is 0. The fourth-order valence-electron chi connectivity index (χ4n) is 1.95. The summed E-state index contributed by atoms with van der Waals surface area (Å²) in [5, 5.41) is 32.7. The Labute approximate surface area is 132 Å². The lowest BCUT2D eigenvalue weighted by molar-refractivity contribution is -0.159. The summed E-state index contributed by atoms with van der Waals surface area (Å²) in [7, 11) is 0. The number of azide groups is 1. The second kappa shape index (κ2) is 7.41. The lowest BCUT2D eigenvalue weighted by atomic mass is 9.98. The number of thioether (sulfide) groups is 1. The summed E-state index contributed by atoms with van der Waals surface area (Å²) in [4.78, 5) is 7.35. The van der Waals surface area contributed by atoms with Crippen LogP contribution in [0.25, 0.3) is 10.4 Å². The van der Waals surface area contributed by atoms with Crippen molar-refractivity contribution in [1.29, 1.82) is 0 Å². The van der Waals surface area contributed by atoms with Gasteiger partial charge in [-0.25, -0.2) is 0 Å². The van der Waals surface area contributed by atoms with Gasteiger partial charge in [-0.3, -0.25) is 4.98 Å². The van der Waals surface area contributed by atoms with Crippen LogP contribution in [0.5, 0.6) is 0 Å². The molecule has 21 heavy (non-hydrogen) atoms. The van der Waals surface area contributed by atoms with Crippen LogP contribution in [0.3, 0.4) is 0 Å². The van der Waals surface area contributed by atoms with Crippen molar-refractivity contribution in [1.82, 2.24) is 4.98 Å². The highest BCUT2D eigenvalue weighted by Crippen LogP contribution is 2.34. The Hall–Kier alpha value is -0.870. The molecule has 3 N–H and O–H groups in total. The molecule has 1 aliphatic heterocycles. The van der Waals surface area contributed by atoms with E-state index < -0.39 is 36.4 Å². The quantitative estimate of drug-likeness (QED) is 0.408. The van der Waals surface area contributed by atoms with Gasteiger partial charge in [0.15, 0.2) is 0 Å². The SMILES string of the molecule is [N-]=[N+]=NC1[C@@H](O)C(CO)O[C@H](Sc2cncc(Br)c2)[C@H]1O. The molecular weight excluding hydrogens is 364 g/mol. The lowest BCUT2D eigenvalue weighted by Crippen LogP contribution is -2.56. The van der Waals surface area contributed by atoms with E-state index >= 15 is 0 Å². The number of aliphatic hydroxyl groups is 3. The number of hydrogen-bond acceptors (Lipinski definition) is 7. The molecule has 10 heteroatoms. The Kier molecular flexibility index (Phi) is 5.82. The zero-order chi connectivity index (χ0) is 15.4. The first-order chi connectivity index (χ1) is 10.1. The fraction of sp³-hybridized carbons (Fsp3) is 0.545. The molecule has 0 saturated carbocycles. The third kappa shape index (κ3) is 3.86. The van der Waals surface area contributed by atoms with Crippen molar-refractivity contribution in [2.75, 3.05) is 6.61 Å². The number of aliphatic hydroxyl groups excluding tert-OH is 3. The predicted octanol–water partition coefficient (Wildman–Crippen LogP) is 1.05. The molecule has 0 amide bonds. The molecule has 2 heterocycles. The molecule has 2 rings (SSSR count). The summed E-state index contributed by atoms with van der Waals surface area (Å²) >= 11 is 4.46. The van der Waals surface area contributed by atoms with Crippen molar-refractivity contribution in [2.45, 2.75) is 34.7 Å². The van der Waals surface area contributed by atoms with Gasteiger partial charge in [0, 0.05) is 26.7 Å². The molecule has 8 nitrogen and oxygen atoms in total. The zero-order valence-electron chi connectivity index (χ0n) is 10.7. The van der Waals surface area contributed by atoms with Gasteiger partial charge in [-0.2, -0.15) is 0 Å². The maximum Gasteiger partial charge on any atom is 0.134 e. The molecule has 0 aliphatic carbocycles. The van der Waals surface area contributed by atoms with Crippen LogP contribution in [0.4, 0.5) is 0 Å². The number of ether oxygens (including phenoxy) is 1. The van der Waals surface area contributed by atoms with Crippen LogP contribution in [0.2, 0.25) is 0 Å². The van der Waals surface area contributed by atoms with Crippen molar-refractivity contribution in [3.05, 3.63) is 33.4 Å². The van der Waals surface area contributed by atoms with Crippen LogP contribution in [-0.4, -0.2) is 56.7 Å². The van der Waals surface area contributed by atoms with Crippen LogP contribution in [0.1, 0.15) is 0 Å². The van der Waals surface area contributed by atoms with Gasteiger partial charge in [-0.05, 0) is 27.5 Å². The van der Waals surface area contributed by atoms with Crippen LogP contribution in [0.15, 0.2) is 32.9 Å². The van der Waals surface area contributed by atoms with E-state index in [1.807, 2.05) is 0 Å². The van der Waals surface area contributed by atoms with Gasteiger partial charge in [0.05, 0.1) is 18.8 Å². The van der Waals surface area contributed by atoms with Gasteiger partial charge >= 0.3 is 0 Å². The van der Waals surface area contributed by atoms with E-state index in [2.05, 4.69) is 30.9 Å². The van der Waals surface area contributed by atoms with Crippen LogP contribution in [0, 0.1) is 0 Å². The molecule has 1 aromatic heterocycles. The first-order valence-corrected chi connectivity index (χ1v) is 7.68. The molecule has 1 aromatic rings. The lowest BCUT2D eigenvalue weighted by Gasteiger charge is -2.40. The largest absolute Gasteiger partial charge is 0.394 e. The van der Waals surface area contributed by atoms with Crippen LogP contribution < -0.4 is 0 Å². The highest BCUT2D eigenvalue weighted by molar-refractivity contribution is 9.10. The van der Waals surface area contributed by atoms with Crippen molar-refractivity contribution >= 4 is 27.7 Å². The highest BCUT2D eigenvalue weighted by atomic mass is 79.9. The second-order valence-corrected chi connectivity index (χ2v) is 6.45. The number of halogens is 1. The molecule has 0 spiro atoms. The molecule has 1 saturated heterocycles. The minimum absolute atomic E-state index is 0.445. The van der Waals surface area contributed by atoms with E-state index in [4.69, 9.17) is 10.3 Å². The summed E-state index contributed by atoms with van der Waals surface area (Å²) in [6, 6.07) is 0.702. The number of pyridine rings is 1. The second-order valence-electron chi connectivity index (χ2n) is 4.36. The minimum Gasteiger partial charge on any atom is -0.394 e. The average molecular weight is 377 g/mol.